The van der Waals surface area contributed by atoms with E-state index in [9.17, 15) is 9.59 Å². The van der Waals surface area contributed by atoms with Crippen LogP contribution in [0.25, 0.3) is 11.1 Å². The number of carbonyl (C=O) groups is 2. The molecule has 0 radical (unpaired) electrons. The van der Waals surface area contributed by atoms with Crippen LogP contribution in [0.1, 0.15) is 53.4 Å². The minimum atomic E-state index is -0.537. The molecule has 1 saturated carbocycles. The number of benzene rings is 1. The van der Waals surface area contributed by atoms with E-state index in [-0.39, 0.29) is 24.2 Å². The molecule has 7 nitrogen and oxygen atoms in total. The minimum absolute atomic E-state index is 0.134. The Labute approximate surface area is 198 Å². The van der Waals surface area contributed by atoms with Crippen molar-refractivity contribution in [2.75, 3.05) is 5.32 Å². The molecule has 2 heterocycles. The van der Waals surface area contributed by atoms with Gasteiger partial charge in [0.25, 0.3) is 0 Å². The van der Waals surface area contributed by atoms with Crippen LogP contribution in [-0.4, -0.2) is 33.0 Å². The third-order valence-corrected chi connectivity index (χ3v) is 7.21. The van der Waals surface area contributed by atoms with E-state index in [1.54, 1.807) is 6.20 Å². The molecular formula is C25H31N5O2S. The van der Waals surface area contributed by atoms with Crippen LogP contribution in [0, 0.1) is 26.7 Å². The Hall–Kier alpha value is -3.00. The van der Waals surface area contributed by atoms with Gasteiger partial charge in [-0.15, -0.1) is 11.3 Å². The van der Waals surface area contributed by atoms with Gasteiger partial charge in [0.2, 0.25) is 11.8 Å². The molecule has 0 aliphatic heterocycles. The smallest absolute Gasteiger partial charge is 0.247 e. The lowest BCUT2D eigenvalue weighted by molar-refractivity contribution is -0.127. The highest BCUT2D eigenvalue weighted by molar-refractivity contribution is 7.11. The van der Waals surface area contributed by atoms with Gasteiger partial charge in [-0.25, -0.2) is 4.98 Å². The average molecular weight is 466 g/mol. The third-order valence-electron chi connectivity index (χ3n) is 6.29. The second-order valence-corrected chi connectivity index (χ2v) is 10.2. The Bertz CT molecular complexity index is 1090. The molecule has 1 aliphatic carbocycles. The van der Waals surface area contributed by atoms with E-state index in [0.717, 1.165) is 63.8 Å². The van der Waals surface area contributed by atoms with Crippen molar-refractivity contribution in [3.63, 3.8) is 0 Å². The Morgan fingerprint density at radius 1 is 1.12 bits per heavy atom. The lowest BCUT2D eigenvalue weighted by atomic mass is 9.83. The molecule has 8 heteroatoms. The molecule has 0 spiro atoms. The molecule has 3 N–H and O–H groups in total. The van der Waals surface area contributed by atoms with Crippen LogP contribution < -0.4 is 10.6 Å². The molecule has 0 bridgehead atoms. The zero-order valence-electron chi connectivity index (χ0n) is 19.4. The van der Waals surface area contributed by atoms with E-state index in [1.807, 2.05) is 45.0 Å². The fourth-order valence-corrected chi connectivity index (χ4v) is 5.44. The highest BCUT2D eigenvalue weighted by Gasteiger charge is 2.31. The molecule has 3 aromatic rings. The fourth-order valence-electron chi connectivity index (χ4n) is 4.65. The van der Waals surface area contributed by atoms with Crippen molar-refractivity contribution < 1.29 is 9.59 Å². The predicted octanol–water partition coefficient (Wildman–Crippen LogP) is 4.70. The number of anilines is 1. The lowest BCUT2D eigenvalue weighted by Gasteiger charge is -2.30. The summed E-state index contributed by atoms with van der Waals surface area (Å²) in [7, 11) is 0. The van der Waals surface area contributed by atoms with Crippen molar-refractivity contribution in [3.05, 3.63) is 51.7 Å². The summed E-state index contributed by atoms with van der Waals surface area (Å²) in [5.74, 6) is -0.133. The van der Waals surface area contributed by atoms with Crippen molar-refractivity contribution in [1.29, 1.82) is 0 Å². The summed E-state index contributed by atoms with van der Waals surface area (Å²) in [6.45, 7) is 5.89. The standard InChI is InChI=1S/C25H31N5O2S/c1-15-23(16(2)30-29-15)18-9-11-20(12-10-18)27-25(32)24(19-7-5-4-6-8-19)28-22(31)13-21-14-26-17(3)33-21/h9-12,14,19,24H,4-8,13H2,1-3H3,(H,27,32)(H,28,31)(H,29,30). The molecule has 1 unspecified atom stereocenters. The Morgan fingerprint density at radius 2 is 1.85 bits per heavy atom. The number of rotatable bonds is 7. The van der Waals surface area contributed by atoms with E-state index in [4.69, 9.17) is 0 Å². The Kier molecular flexibility index (Phi) is 7.23. The largest absolute Gasteiger partial charge is 0.344 e. The molecule has 33 heavy (non-hydrogen) atoms. The zero-order valence-corrected chi connectivity index (χ0v) is 20.2. The van der Waals surface area contributed by atoms with Gasteiger partial charge >= 0.3 is 0 Å². The van der Waals surface area contributed by atoms with Crippen molar-refractivity contribution in [3.8, 4) is 11.1 Å². The van der Waals surface area contributed by atoms with Crippen LogP contribution in [0.2, 0.25) is 0 Å². The number of nitrogens with zero attached hydrogens (tertiary/aromatic N) is 2. The summed E-state index contributed by atoms with van der Waals surface area (Å²) in [6.07, 6.45) is 7.27. The first-order chi connectivity index (χ1) is 15.9. The van der Waals surface area contributed by atoms with Crippen molar-refractivity contribution in [1.82, 2.24) is 20.5 Å². The summed E-state index contributed by atoms with van der Waals surface area (Å²) >= 11 is 1.51. The Morgan fingerprint density at radius 3 is 2.45 bits per heavy atom. The molecule has 174 valence electrons. The van der Waals surface area contributed by atoms with Gasteiger partial charge in [0.1, 0.15) is 6.04 Å². The van der Waals surface area contributed by atoms with Gasteiger partial charge in [-0.3, -0.25) is 14.7 Å². The minimum Gasteiger partial charge on any atom is -0.344 e. The first kappa shape index (κ1) is 23.2. The summed E-state index contributed by atoms with van der Waals surface area (Å²) < 4.78 is 0. The number of thiazole rings is 1. The molecule has 1 aromatic carbocycles. The number of H-pyrrole nitrogens is 1. The van der Waals surface area contributed by atoms with Crippen LogP contribution in [0.4, 0.5) is 5.69 Å². The highest BCUT2D eigenvalue weighted by Crippen LogP contribution is 2.29. The quantitative estimate of drug-likeness (QED) is 0.471. The van der Waals surface area contributed by atoms with Crippen molar-refractivity contribution in [2.24, 2.45) is 5.92 Å². The number of aryl methyl sites for hydroxylation is 3. The average Bonchev–Trinajstić information content (AvgIpc) is 3.37. The van der Waals surface area contributed by atoms with Gasteiger partial charge in [0.15, 0.2) is 0 Å². The highest BCUT2D eigenvalue weighted by atomic mass is 32.1. The number of hydrogen-bond acceptors (Lipinski definition) is 5. The first-order valence-electron chi connectivity index (χ1n) is 11.5. The SMILES string of the molecule is Cc1ncc(CC(=O)NC(C(=O)Nc2ccc(-c3c(C)n[nH]c3C)cc2)C2CCCCC2)s1. The normalized spacial score (nSPS) is 15.2. The van der Waals surface area contributed by atoms with Gasteiger partial charge < -0.3 is 10.6 Å². The van der Waals surface area contributed by atoms with Gasteiger partial charge in [0.05, 0.1) is 17.1 Å². The lowest BCUT2D eigenvalue weighted by Crippen LogP contribution is -2.49. The van der Waals surface area contributed by atoms with Crippen LogP contribution in [0.5, 0.6) is 0 Å². The van der Waals surface area contributed by atoms with Gasteiger partial charge in [-0.2, -0.15) is 5.10 Å². The van der Waals surface area contributed by atoms with E-state index >= 15 is 0 Å². The van der Waals surface area contributed by atoms with Gasteiger partial charge in [-0.05, 0) is 57.2 Å². The van der Waals surface area contributed by atoms with Crippen LogP contribution in [0.15, 0.2) is 30.5 Å². The van der Waals surface area contributed by atoms with E-state index in [0.29, 0.717) is 0 Å². The van der Waals surface area contributed by atoms with Gasteiger partial charge in [0, 0.05) is 28.0 Å². The first-order valence-corrected chi connectivity index (χ1v) is 12.4. The molecule has 1 atom stereocenters. The third kappa shape index (κ3) is 5.68. The monoisotopic (exact) mass is 465 g/mol. The second-order valence-electron chi connectivity index (χ2n) is 8.84. The van der Waals surface area contributed by atoms with E-state index < -0.39 is 6.04 Å². The van der Waals surface area contributed by atoms with E-state index in [2.05, 4.69) is 25.8 Å². The molecule has 1 aliphatic rings. The summed E-state index contributed by atoms with van der Waals surface area (Å²) in [5, 5.41) is 14.3. The molecular weight excluding hydrogens is 434 g/mol. The second kappa shape index (κ2) is 10.3. The summed E-state index contributed by atoms with van der Waals surface area (Å²) in [6, 6.07) is 7.24. The molecule has 4 rings (SSSR count). The van der Waals surface area contributed by atoms with E-state index in [1.165, 1.54) is 17.8 Å². The van der Waals surface area contributed by atoms with Crippen LogP contribution in [-0.2, 0) is 16.0 Å². The zero-order chi connectivity index (χ0) is 23.4. The van der Waals surface area contributed by atoms with Crippen molar-refractivity contribution in [2.45, 2.75) is 65.3 Å². The maximum absolute atomic E-state index is 13.3. The topological polar surface area (TPSA) is 99.8 Å². The van der Waals surface area contributed by atoms with Gasteiger partial charge in [-0.1, -0.05) is 31.4 Å². The van der Waals surface area contributed by atoms with Crippen molar-refractivity contribution >= 4 is 28.8 Å². The molecule has 2 aromatic heterocycles. The fraction of sp³-hybridized carbons (Fsp3) is 0.440. The molecule has 0 saturated heterocycles. The molecule has 1 fully saturated rings. The maximum atomic E-state index is 13.3. The Balaban J connectivity index is 1.45. The number of hydrogen-bond donors (Lipinski definition) is 3. The summed E-state index contributed by atoms with van der Waals surface area (Å²) in [4.78, 5) is 31.2. The summed E-state index contributed by atoms with van der Waals surface area (Å²) in [5.41, 5.74) is 4.81. The van der Waals surface area contributed by atoms with Crippen LogP contribution in [0.3, 0.4) is 0 Å². The number of nitrogens with one attached hydrogen (secondary N) is 3. The molecule has 2 amide bonds. The number of amides is 2. The number of aromatic nitrogens is 3. The van der Waals surface area contributed by atoms with Crippen LogP contribution >= 0.6 is 11.3 Å². The number of aromatic amines is 1. The predicted molar refractivity (Wildman–Crippen MR) is 131 cm³/mol. The number of carbonyl (C=O) groups excluding carboxylic acids is 2. The maximum Gasteiger partial charge on any atom is 0.247 e.